The van der Waals surface area contributed by atoms with Gasteiger partial charge in [0.2, 0.25) is 5.91 Å². The number of hydroxylamine groups is 2. The van der Waals surface area contributed by atoms with Gasteiger partial charge in [0.25, 0.3) is 0 Å². The van der Waals surface area contributed by atoms with Gasteiger partial charge in [-0.1, -0.05) is 0 Å². The van der Waals surface area contributed by atoms with E-state index in [-0.39, 0.29) is 39.0 Å². The quantitative estimate of drug-likeness (QED) is 0.0484. The Morgan fingerprint density at radius 3 is 2.15 bits per heavy atom. The molecular weight excluding hydrogens is 698 g/mol. The van der Waals surface area contributed by atoms with Crippen LogP contribution in [0.15, 0.2) is 0 Å². The van der Waals surface area contributed by atoms with Gasteiger partial charge in [0.05, 0.1) is 50.2 Å². The zero-order chi connectivity index (χ0) is 38.3. The van der Waals surface area contributed by atoms with Gasteiger partial charge in [-0.25, -0.2) is 5.06 Å². The summed E-state index contributed by atoms with van der Waals surface area (Å²) in [6, 6.07) is -2.81. The molecule has 3 saturated heterocycles. The van der Waals surface area contributed by atoms with Crippen LogP contribution in [0.3, 0.4) is 0 Å². The van der Waals surface area contributed by atoms with E-state index >= 15 is 0 Å². The Labute approximate surface area is 300 Å². The molecule has 1 unspecified atom stereocenters. The number of nitrogens with zero attached hydrogens (tertiary/aromatic N) is 1. The van der Waals surface area contributed by atoms with Crippen LogP contribution in [-0.2, 0) is 33.2 Å². The maximum absolute atomic E-state index is 12.8. The van der Waals surface area contributed by atoms with Crippen molar-refractivity contribution in [3.63, 3.8) is 0 Å². The predicted molar refractivity (Wildman–Crippen MR) is 175 cm³/mol. The topological polar surface area (TPSA) is 380 Å². The second kappa shape index (κ2) is 20.0. The lowest BCUT2D eigenvalue weighted by atomic mass is 9.77. The maximum Gasteiger partial charge on any atom is 0.246 e. The molecule has 4 aliphatic rings. The van der Waals surface area contributed by atoms with Gasteiger partial charge in [-0.2, -0.15) is 0 Å². The third-order valence-corrected chi connectivity index (χ3v) is 9.99. The summed E-state index contributed by atoms with van der Waals surface area (Å²) in [5.41, 5.74) is 30.1. The average Bonchev–Trinajstić information content (AvgIpc) is 3.42. The van der Waals surface area contributed by atoms with E-state index in [1.54, 1.807) is 0 Å². The highest BCUT2D eigenvalue weighted by Crippen LogP contribution is 2.37. The summed E-state index contributed by atoms with van der Waals surface area (Å²) >= 11 is 0. The van der Waals surface area contributed by atoms with Crippen LogP contribution in [0, 0.1) is 5.92 Å². The Kier molecular flexibility index (Phi) is 16.7. The zero-order valence-electron chi connectivity index (χ0n) is 28.9. The van der Waals surface area contributed by atoms with E-state index in [4.69, 9.17) is 62.2 Å². The Hall–Kier alpha value is -1.33. The normalized spacial score (nSPS) is 43.4. The second-order valence-electron chi connectivity index (χ2n) is 13.9. The Balaban J connectivity index is 1.53. The number of hydrogen-bond donors (Lipinski definition) is 14. The van der Waals surface area contributed by atoms with E-state index < -0.39 is 129 Å². The largest absolute Gasteiger partial charge is 0.394 e. The number of carbonyl (C=O) groups excluding carboxylic acids is 1. The number of rotatable bonds is 17. The SMILES string of the molecule is NCCN(O)C(=O)C[C@@H]1C[C@H](N)[C@@H](O[C@H]2O[C@H](CNCC(O)CO)CC[C@H]2N)[C@H](O[C@@H]2O[C@H](CO)[C@@H](O[C@H]3O[C@@H](CN)[C@@H](O)[C@H](O)[C@H]3N)[C@H]2O)[C@H]1O. The third kappa shape index (κ3) is 10.5. The highest BCUT2D eigenvalue weighted by Gasteiger charge is 2.54. The van der Waals surface area contributed by atoms with E-state index in [0.717, 1.165) is 0 Å². The Morgan fingerprint density at radius 2 is 1.50 bits per heavy atom. The molecule has 22 nitrogen and oxygen atoms in total. The van der Waals surface area contributed by atoms with E-state index in [1.165, 1.54) is 0 Å². The molecule has 0 radical (unpaired) electrons. The number of ether oxygens (including phenoxy) is 6. The van der Waals surface area contributed by atoms with Crippen molar-refractivity contribution in [3.05, 3.63) is 0 Å². The zero-order valence-corrected chi connectivity index (χ0v) is 28.9. The monoisotopic (exact) mass is 757 g/mol. The van der Waals surface area contributed by atoms with E-state index in [0.29, 0.717) is 24.4 Å². The molecule has 304 valence electrons. The Bertz CT molecular complexity index is 1090. The second-order valence-corrected chi connectivity index (χ2v) is 13.9. The van der Waals surface area contributed by atoms with Crippen molar-refractivity contribution in [1.29, 1.82) is 0 Å². The molecule has 4 fully saturated rings. The van der Waals surface area contributed by atoms with Crippen molar-refractivity contribution in [2.75, 3.05) is 45.9 Å². The summed E-state index contributed by atoms with van der Waals surface area (Å²) in [6.07, 6.45) is -16.9. The van der Waals surface area contributed by atoms with E-state index in [9.17, 15) is 40.6 Å². The molecule has 1 amide bonds. The summed E-state index contributed by atoms with van der Waals surface area (Å²) in [5.74, 6) is -1.60. The molecule has 19 N–H and O–H groups in total. The molecule has 0 aromatic carbocycles. The molecule has 22 heteroatoms. The van der Waals surface area contributed by atoms with Crippen molar-refractivity contribution < 1.29 is 74.2 Å². The lowest BCUT2D eigenvalue weighted by Gasteiger charge is -2.46. The van der Waals surface area contributed by atoms with Gasteiger partial charge in [-0.15, -0.1) is 0 Å². The van der Waals surface area contributed by atoms with Gasteiger partial charge in [-0.3, -0.25) is 10.0 Å². The summed E-state index contributed by atoms with van der Waals surface area (Å²) in [7, 11) is 0. The maximum atomic E-state index is 12.8. The van der Waals surface area contributed by atoms with Gasteiger partial charge in [0.15, 0.2) is 18.9 Å². The van der Waals surface area contributed by atoms with Gasteiger partial charge in [-0.05, 0) is 25.2 Å². The first kappa shape index (κ1) is 43.4. The molecule has 0 aromatic heterocycles. The van der Waals surface area contributed by atoms with Crippen LogP contribution < -0.4 is 34.0 Å². The van der Waals surface area contributed by atoms with Crippen molar-refractivity contribution >= 4 is 5.91 Å². The molecule has 1 aliphatic carbocycles. The number of carbonyl (C=O) groups is 1. The lowest BCUT2D eigenvalue weighted by molar-refractivity contribution is -0.292. The highest BCUT2D eigenvalue weighted by molar-refractivity contribution is 5.75. The minimum Gasteiger partial charge on any atom is -0.394 e. The van der Waals surface area contributed by atoms with Crippen molar-refractivity contribution in [1.82, 2.24) is 10.4 Å². The summed E-state index contributed by atoms with van der Waals surface area (Å²) in [6.45, 7) is -1.01. The number of nitrogens with two attached hydrogens (primary N) is 5. The van der Waals surface area contributed by atoms with Gasteiger partial charge >= 0.3 is 0 Å². The van der Waals surface area contributed by atoms with Gasteiger partial charge < -0.3 is 98.2 Å². The minimum atomic E-state index is -1.66. The highest BCUT2D eigenvalue weighted by atomic mass is 16.8. The van der Waals surface area contributed by atoms with Crippen LogP contribution >= 0.6 is 0 Å². The molecule has 52 heavy (non-hydrogen) atoms. The fourth-order valence-corrected chi connectivity index (χ4v) is 6.95. The molecule has 18 atom stereocenters. The average molecular weight is 758 g/mol. The molecule has 3 aliphatic heterocycles. The first-order valence-corrected chi connectivity index (χ1v) is 17.7. The predicted octanol–water partition coefficient (Wildman–Crippen LogP) is -8.00. The van der Waals surface area contributed by atoms with Crippen molar-refractivity contribution in [2.24, 2.45) is 34.6 Å². The first-order chi connectivity index (χ1) is 24.7. The van der Waals surface area contributed by atoms with Crippen LogP contribution in [0.1, 0.15) is 25.7 Å². The number of aliphatic hydroxyl groups is 7. The molecule has 4 rings (SSSR count). The number of hydrogen-bond acceptors (Lipinski definition) is 21. The van der Waals surface area contributed by atoms with Crippen molar-refractivity contribution in [2.45, 2.75) is 130 Å². The van der Waals surface area contributed by atoms with Crippen LogP contribution in [-0.4, -0.2) is 202 Å². The number of aliphatic hydroxyl groups excluding tert-OH is 7. The lowest BCUT2D eigenvalue weighted by Crippen LogP contribution is -2.64. The smallest absolute Gasteiger partial charge is 0.246 e. The minimum absolute atomic E-state index is 0.00775. The third-order valence-electron chi connectivity index (χ3n) is 9.99. The van der Waals surface area contributed by atoms with Crippen LogP contribution in [0.4, 0.5) is 0 Å². The van der Waals surface area contributed by atoms with E-state index in [1.807, 2.05) is 0 Å². The van der Waals surface area contributed by atoms with Crippen LogP contribution in [0.25, 0.3) is 0 Å². The standard InChI is InChI=1S/C30H59N7O15/c31-3-4-37(46)19(41)6-12-5-16(34)25(50-28-15(33)2-1-14(47-28)9-36-8-13(40)10-38)27(21(12)42)52-30-24(45)26(18(11-39)49-30)51-29-20(35)23(44)22(43)17(7-32)48-29/h12-18,20-30,36,38-40,42-46H,1-11,31-35H2/t12-,13?,14-,15+,16-,17-,18+,20+,21-,22+,23+,24+,25+,26+,27+,28+,29+,30-/m0/s1. The van der Waals surface area contributed by atoms with Crippen LogP contribution in [0.2, 0.25) is 0 Å². The fraction of sp³-hybridized carbons (Fsp3) is 0.967. The number of amides is 1. The molecule has 1 saturated carbocycles. The summed E-state index contributed by atoms with van der Waals surface area (Å²) in [4.78, 5) is 12.8. The molecular formula is C30H59N7O15. The molecule has 0 spiro atoms. The Morgan fingerprint density at radius 1 is 0.827 bits per heavy atom. The molecule has 0 bridgehead atoms. The summed E-state index contributed by atoms with van der Waals surface area (Å²) < 4.78 is 35.9. The fourth-order valence-electron chi connectivity index (χ4n) is 6.95. The van der Waals surface area contributed by atoms with Crippen molar-refractivity contribution in [3.8, 4) is 0 Å². The number of nitrogens with one attached hydrogen (secondary N) is 1. The molecule has 3 heterocycles. The molecule has 0 aromatic rings. The first-order valence-electron chi connectivity index (χ1n) is 17.7. The van der Waals surface area contributed by atoms with Crippen LogP contribution in [0.5, 0.6) is 0 Å². The van der Waals surface area contributed by atoms with Gasteiger partial charge in [0.1, 0.15) is 48.8 Å². The van der Waals surface area contributed by atoms with E-state index in [2.05, 4.69) is 5.32 Å². The summed E-state index contributed by atoms with van der Waals surface area (Å²) in [5, 5.41) is 86.2. The van der Waals surface area contributed by atoms with Gasteiger partial charge in [0, 0.05) is 38.6 Å².